The molecule has 19 heavy (non-hydrogen) atoms. The lowest BCUT2D eigenvalue weighted by molar-refractivity contribution is -0.136. The number of nitrogens with two attached hydrogens (primary N) is 1. The van der Waals surface area contributed by atoms with Gasteiger partial charge in [-0.3, -0.25) is 9.59 Å². The Hall–Kier alpha value is -1.63. The Bertz CT molecular complexity index is 491. The van der Waals surface area contributed by atoms with Crippen LogP contribution < -0.4 is 5.73 Å². The number of carbonyl (C=O) groups is 2. The van der Waals surface area contributed by atoms with Gasteiger partial charge in [-0.25, -0.2) is 0 Å². The molecule has 0 saturated heterocycles. The molecule has 0 aromatic heterocycles. The first-order valence-electron chi connectivity index (χ1n) is 5.45. The summed E-state index contributed by atoms with van der Waals surface area (Å²) >= 11 is 5.83. The van der Waals surface area contributed by atoms with E-state index in [1.807, 2.05) is 0 Å². The Morgan fingerprint density at radius 2 is 1.95 bits per heavy atom. The third kappa shape index (κ3) is 4.51. The molecule has 2 unspecified atom stereocenters. The summed E-state index contributed by atoms with van der Waals surface area (Å²) in [5, 5.41) is 28.4. The third-order valence-corrected chi connectivity index (χ3v) is 2.90. The summed E-state index contributed by atoms with van der Waals surface area (Å²) in [5.74, 6) is -1.81. The number of hydrogen-bond acceptors (Lipinski definition) is 4. The molecule has 1 rings (SSSR count). The van der Waals surface area contributed by atoms with Gasteiger partial charge in [0.25, 0.3) is 0 Å². The lowest BCUT2D eigenvalue weighted by Gasteiger charge is -2.17. The second-order valence-corrected chi connectivity index (χ2v) is 4.51. The maximum Gasteiger partial charge on any atom is 0.307 e. The van der Waals surface area contributed by atoms with Crippen molar-refractivity contribution in [1.82, 2.24) is 0 Å². The normalized spacial score (nSPS) is 13.8. The minimum atomic E-state index is -1.35. The zero-order valence-corrected chi connectivity index (χ0v) is 10.7. The van der Waals surface area contributed by atoms with Crippen LogP contribution in [0.15, 0.2) is 18.2 Å². The fourth-order valence-electron chi connectivity index (χ4n) is 1.62. The Balaban J connectivity index is 2.94. The van der Waals surface area contributed by atoms with Crippen molar-refractivity contribution in [3.63, 3.8) is 0 Å². The molecule has 0 aliphatic carbocycles. The molecular formula is C12H14ClNO5. The van der Waals surface area contributed by atoms with E-state index in [0.29, 0.717) is 5.56 Å². The molecule has 1 amide bonds. The molecule has 5 N–H and O–H groups in total. The van der Waals surface area contributed by atoms with Crippen LogP contribution in [0.25, 0.3) is 0 Å². The summed E-state index contributed by atoms with van der Waals surface area (Å²) in [4.78, 5) is 21.3. The number of aliphatic carboxylic acids is 1. The molecule has 0 bridgehead atoms. The number of amides is 1. The van der Waals surface area contributed by atoms with Crippen molar-refractivity contribution in [2.45, 2.75) is 25.0 Å². The van der Waals surface area contributed by atoms with Crippen LogP contribution in [0.4, 0.5) is 0 Å². The second-order valence-electron chi connectivity index (χ2n) is 4.10. The summed E-state index contributed by atoms with van der Waals surface area (Å²) in [7, 11) is 0. The standard InChI is InChI=1S/C12H14ClNO5/c13-8-2-1-6(3-7(8)4-11(17)18)12(19)9(15)5-10(14)16/h1-3,9,12,15,19H,4-5H2,(H2,14,16)(H,17,18). The maximum atomic E-state index is 10.7. The van der Waals surface area contributed by atoms with E-state index in [4.69, 9.17) is 22.4 Å². The minimum absolute atomic E-state index is 0.253. The van der Waals surface area contributed by atoms with Gasteiger partial charge in [-0.15, -0.1) is 0 Å². The van der Waals surface area contributed by atoms with E-state index in [1.54, 1.807) is 0 Å². The van der Waals surface area contributed by atoms with Crippen molar-refractivity contribution >= 4 is 23.5 Å². The summed E-state index contributed by atoms with van der Waals surface area (Å²) in [6.45, 7) is 0. The second kappa shape index (κ2) is 6.51. The van der Waals surface area contributed by atoms with E-state index in [-0.39, 0.29) is 17.0 Å². The van der Waals surface area contributed by atoms with Gasteiger partial charge in [-0.1, -0.05) is 23.7 Å². The first-order valence-corrected chi connectivity index (χ1v) is 5.83. The van der Waals surface area contributed by atoms with E-state index >= 15 is 0 Å². The van der Waals surface area contributed by atoms with Crippen LogP contribution in [0.2, 0.25) is 5.02 Å². The lowest BCUT2D eigenvalue weighted by Crippen LogP contribution is -2.25. The molecule has 6 nitrogen and oxygen atoms in total. The van der Waals surface area contributed by atoms with Gasteiger partial charge in [0.05, 0.1) is 18.9 Å². The van der Waals surface area contributed by atoms with Crippen LogP contribution in [0, 0.1) is 0 Å². The van der Waals surface area contributed by atoms with Crippen LogP contribution in [-0.2, 0) is 16.0 Å². The minimum Gasteiger partial charge on any atom is -0.481 e. The zero-order valence-electron chi connectivity index (χ0n) is 9.91. The van der Waals surface area contributed by atoms with Crippen molar-refractivity contribution < 1.29 is 24.9 Å². The first-order chi connectivity index (χ1) is 8.81. The van der Waals surface area contributed by atoms with Gasteiger partial charge in [0.2, 0.25) is 5.91 Å². The Kier molecular flexibility index (Phi) is 5.29. The fourth-order valence-corrected chi connectivity index (χ4v) is 1.80. The largest absolute Gasteiger partial charge is 0.481 e. The molecule has 0 fully saturated rings. The molecule has 2 atom stereocenters. The molecule has 1 aromatic carbocycles. The number of carboxylic acids is 1. The highest BCUT2D eigenvalue weighted by Crippen LogP contribution is 2.25. The summed E-state index contributed by atoms with van der Waals surface area (Å²) < 4.78 is 0. The third-order valence-electron chi connectivity index (χ3n) is 2.53. The molecule has 0 aliphatic heterocycles. The van der Waals surface area contributed by atoms with Crippen molar-refractivity contribution in [3.8, 4) is 0 Å². The van der Waals surface area contributed by atoms with Crippen LogP contribution in [0.3, 0.4) is 0 Å². The molecule has 7 heteroatoms. The quantitative estimate of drug-likeness (QED) is 0.597. The molecular weight excluding hydrogens is 274 g/mol. The highest BCUT2D eigenvalue weighted by Gasteiger charge is 2.21. The number of hydrogen-bond donors (Lipinski definition) is 4. The van der Waals surface area contributed by atoms with Crippen molar-refractivity contribution in [2.75, 3.05) is 0 Å². The monoisotopic (exact) mass is 287 g/mol. The van der Waals surface area contributed by atoms with Crippen molar-refractivity contribution in [3.05, 3.63) is 34.3 Å². The number of rotatable bonds is 6. The number of carbonyl (C=O) groups excluding carboxylic acids is 1. The van der Waals surface area contributed by atoms with E-state index in [0.717, 1.165) is 0 Å². The fraction of sp³-hybridized carbons (Fsp3) is 0.333. The molecule has 104 valence electrons. The topological polar surface area (TPSA) is 121 Å². The van der Waals surface area contributed by atoms with Gasteiger partial charge in [0.15, 0.2) is 0 Å². The molecule has 0 radical (unpaired) electrons. The van der Waals surface area contributed by atoms with Crippen molar-refractivity contribution in [2.24, 2.45) is 5.73 Å². The number of benzene rings is 1. The van der Waals surface area contributed by atoms with Crippen LogP contribution in [0.1, 0.15) is 23.7 Å². The van der Waals surface area contributed by atoms with Gasteiger partial charge >= 0.3 is 5.97 Å². The molecule has 0 heterocycles. The van der Waals surface area contributed by atoms with Gasteiger partial charge in [-0.05, 0) is 17.2 Å². The lowest BCUT2D eigenvalue weighted by atomic mass is 9.99. The van der Waals surface area contributed by atoms with Crippen LogP contribution in [0.5, 0.6) is 0 Å². The van der Waals surface area contributed by atoms with Gasteiger partial charge < -0.3 is 21.1 Å². The summed E-state index contributed by atoms with van der Waals surface area (Å²) in [5.41, 5.74) is 5.51. The number of primary amides is 1. The molecule has 0 saturated carbocycles. The SMILES string of the molecule is NC(=O)CC(O)C(O)c1ccc(Cl)c(CC(=O)O)c1. The Labute approximate surface area is 114 Å². The first kappa shape index (κ1) is 15.4. The van der Waals surface area contributed by atoms with Gasteiger partial charge in [0.1, 0.15) is 6.10 Å². The predicted octanol–water partition coefficient (Wildman–Crippen LogP) is 0.237. The average Bonchev–Trinajstić information content (AvgIpc) is 2.29. The predicted molar refractivity (Wildman–Crippen MR) is 67.6 cm³/mol. The molecule has 1 aromatic rings. The number of aliphatic hydroxyl groups is 2. The van der Waals surface area contributed by atoms with E-state index < -0.39 is 30.5 Å². The highest BCUT2D eigenvalue weighted by molar-refractivity contribution is 6.31. The van der Waals surface area contributed by atoms with E-state index in [2.05, 4.69) is 0 Å². The van der Waals surface area contributed by atoms with Gasteiger partial charge in [0, 0.05) is 5.02 Å². The maximum absolute atomic E-state index is 10.7. The van der Waals surface area contributed by atoms with Crippen LogP contribution >= 0.6 is 11.6 Å². The van der Waals surface area contributed by atoms with E-state index in [9.17, 15) is 19.8 Å². The average molecular weight is 288 g/mol. The Morgan fingerprint density at radius 3 is 2.47 bits per heavy atom. The summed E-state index contributed by atoms with van der Waals surface area (Å²) in [6.07, 6.45) is -3.38. The Morgan fingerprint density at radius 1 is 1.32 bits per heavy atom. The smallest absolute Gasteiger partial charge is 0.307 e. The number of aliphatic hydroxyl groups excluding tert-OH is 2. The zero-order chi connectivity index (χ0) is 14.6. The highest BCUT2D eigenvalue weighted by atomic mass is 35.5. The molecule has 0 spiro atoms. The number of carboxylic acid groups (broad SMARTS) is 1. The van der Waals surface area contributed by atoms with Gasteiger partial charge in [-0.2, -0.15) is 0 Å². The van der Waals surface area contributed by atoms with Crippen molar-refractivity contribution in [1.29, 1.82) is 0 Å². The molecule has 0 aliphatic rings. The number of halogens is 1. The summed E-state index contributed by atoms with van der Waals surface area (Å²) in [6, 6.07) is 4.25. The van der Waals surface area contributed by atoms with E-state index in [1.165, 1.54) is 18.2 Å². The van der Waals surface area contributed by atoms with Crippen LogP contribution in [-0.4, -0.2) is 33.3 Å².